The highest BCUT2D eigenvalue weighted by atomic mass is 127. The second kappa shape index (κ2) is 14.2. The van der Waals surface area contributed by atoms with Gasteiger partial charge in [-0.2, -0.15) is 0 Å². The Bertz CT molecular complexity index is 1040. The van der Waals surface area contributed by atoms with Gasteiger partial charge >= 0.3 is 0 Å². The lowest BCUT2D eigenvalue weighted by Crippen LogP contribution is -2.55. The van der Waals surface area contributed by atoms with Crippen LogP contribution in [-0.2, 0) is 21.0 Å². The number of ether oxygens (including phenoxy) is 2. The maximum absolute atomic E-state index is 13.3. The zero-order valence-corrected chi connectivity index (χ0v) is 24.0. The van der Waals surface area contributed by atoms with Crippen molar-refractivity contribution in [3.8, 4) is 11.5 Å². The first-order valence-electron chi connectivity index (χ1n) is 12.9. The minimum Gasteiger partial charge on any atom is -0.493 e. The number of carbonyl (C=O) groups excluding carboxylic acids is 3. The summed E-state index contributed by atoms with van der Waals surface area (Å²) in [7, 11) is 1.47. The lowest BCUT2D eigenvalue weighted by Gasteiger charge is -2.41. The van der Waals surface area contributed by atoms with E-state index in [0.717, 1.165) is 12.8 Å². The average molecular weight is 645 g/mol. The molecule has 1 aromatic carbocycles. The first kappa shape index (κ1) is 30.3. The molecule has 0 spiro atoms. The highest BCUT2D eigenvalue weighted by Gasteiger charge is 2.42. The fourth-order valence-electron chi connectivity index (χ4n) is 4.53. The van der Waals surface area contributed by atoms with Crippen LogP contribution in [0.1, 0.15) is 51.0 Å². The number of aliphatic hydroxyl groups excluding tert-OH is 3. The predicted molar refractivity (Wildman–Crippen MR) is 148 cm³/mol. The molecule has 0 aliphatic heterocycles. The Morgan fingerprint density at radius 3 is 2.53 bits per heavy atom. The molecule has 0 unspecified atom stereocenters. The molecule has 1 saturated carbocycles. The molecular formula is C27H37IN2O8. The second-order valence-corrected chi connectivity index (χ2v) is 11.0. The van der Waals surface area contributed by atoms with Crippen LogP contribution in [0, 0.1) is 9.49 Å². The number of halogens is 1. The Labute approximate surface area is 236 Å². The molecule has 0 radical (unpaired) electrons. The molecule has 4 N–H and O–H groups in total. The molecule has 0 saturated heterocycles. The number of nitrogens with zero attached hydrogens (tertiary/aromatic N) is 1. The molecule has 38 heavy (non-hydrogen) atoms. The summed E-state index contributed by atoms with van der Waals surface area (Å²) in [6.07, 6.45) is 2.45. The van der Waals surface area contributed by atoms with Crippen molar-refractivity contribution < 1.29 is 39.2 Å². The summed E-state index contributed by atoms with van der Waals surface area (Å²) in [5.74, 6) is 0.491. The van der Waals surface area contributed by atoms with Gasteiger partial charge in [0.25, 0.3) is 0 Å². The fraction of sp³-hybridized carbons (Fsp3) is 0.593. The number of benzene rings is 1. The van der Waals surface area contributed by atoms with E-state index in [0.29, 0.717) is 51.5 Å². The quantitative estimate of drug-likeness (QED) is 0.224. The third-order valence-corrected chi connectivity index (χ3v) is 7.53. The molecule has 3 rings (SSSR count). The summed E-state index contributed by atoms with van der Waals surface area (Å²) in [4.78, 5) is 39.3. The smallest absolute Gasteiger partial charge is 0.247 e. The molecule has 1 fully saturated rings. The number of nitrogens with one attached hydrogen (secondary N) is 1. The van der Waals surface area contributed by atoms with Gasteiger partial charge in [0.1, 0.15) is 18.0 Å². The largest absolute Gasteiger partial charge is 0.493 e. The number of hydrogen-bond acceptors (Lipinski definition) is 8. The van der Waals surface area contributed by atoms with Crippen LogP contribution in [0.4, 0.5) is 0 Å². The van der Waals surface area contributed by atoms with Gasteiger partial charge in [-0.05, 0) is 78.5 Å². The molecule has 0 heterocycles. The first-order valence-corrected chi connectivity index (χ1v) is 14.0. The zero-order chi connectivity index (χ0) is 27.8. The molecule has 10 nitrogen and oxygen atoms in total. The summed E-state index contributed by atoms with van der Waals surface area (Å²) in [5, 5.41) is 32.9. The molecule has 210 valence electrons. The van der Waals surface area contributed by atoms with E-state index >= 15 is 0 Å². The summed E-state index contributed by atoms with van der Waals surface area (Å²) < 4.78 is 12.4. The third kappa shape index (κ3) is 8.14. The molecule has 1 aromatic rings. The molecule has 2 amide bonds. The Balaban J connectivity index is 1.93. The molecule has 2 aliphatic rings. The van der Waals surface area contributed by atoms with Crippen molar-refractivity contribution in [2.75, 3.05) is 26.8 Å². The van der Waals surface area contributed by atoms with Crippen molar-refractivity contribution in [1.29, 1.82) is 0 Å². The lowest BCUT2D eigenvalue weighted by molar-refractivity contribution is -0.139. The van der Waals surface area contributed by atoms with Crippen LogP contribution in [0.3, 0.4) is 0 Å². The molecule has 0 bridgehead atoms. The van der Waals surface area contributed by atoms with Gasteiger partial charge in [-0.15, -0.1) is 0 Å². The fourth-order valence-corrected chi connectivity index (χ4v) is 5.32. The van der Waals surface area contributed by atoms with Crippen molar-refractivity contribution in [2.24, 2.45) is 5.92 Å². The topological polar surface area (TPSA) is 146 Å². The van der Waals surface area contributed by atoms with Crippen LogP contribution in [-0.4, -0.2) is 82.9 Å². The van der Waals surface area contributed by atoms with Crippen LogP contribution in [0.15, 0.2) is 23.8 Å². The number of methoxy groups -OCH3 is 1. The van der Waals surface area contributed by atoms with E-state index < -0.39 is 24.2 Å². The van der Waals surface area contributed by atoms with Gasteiger partial charge in [0.15, 0.2) is 11.5 Å². The number of amides is 2. The lowest BCUT2D eigenvalue weighted by atomic mass is 9.87. The monoisotopic (exact) mass is 644 g/mol. The van der Waals surface area contributed by atoms with Crippen LogP contribution >= 0.6 is 22.6 Å². The molecule has 0 aromatic heterocycles. The van der Waals surface area contributed by atoms with Gasteiger partial charge in [0, 0.05) is 37.9 Å². The van der Waals surface area contributed by atoms with Gasteiger partial charge < -0.3 is 39.8 Å². The molecule has 2 aliphatic carbocycles. The number of Topliss-reactive ketones (excluding diaryl/α,β-unsaturated/α-hetero) is 1. The van der Waals surface area contributed by atoms with Crippen molar-refractivity contribution in [1.82, 2.24) is 10.2 Å². The molecular weight excluding hydrogens is 607 g/mol. The van der Waals surface area contributed by atoms with E-state index in [1.54, 1.807) is 23.1 Å². The maximum Gasteiger partial charge on any atom is 0.247 e. The first-order chi connectivity index (χ1) is 18.2. The van der Waals surface area contributed by atoms with E-state index in [4.69, 9.17) is 14.6 Å². The van der Waals surface area contributed by atoms with E-state index in [1.807, 2.05) is 0 Å². The number of rotatable bonds is 14. The summed E-state index contributed by atoms with van der Waals surface area (Å²) in [6, 6.07) is 2.66. The van der Waals surface area contributed by atoms with E-state index in [1.165, 1.54) is 14.0 Å². The van der Waals surface area contributed by atoms with E-state index in [-0.39, 0.29) is 44.3 Å². The number of aliphatic hydroxyl groups is 3. The third-order valence-electron chi connectivity index (χ3n) is 6.73. The Kier molecular flexibility index (Phi) is 11.4. The second-order valence-electron chi connectivity index (χ2n) is 9.83. The van der Waals surface area contributed by atoms with E-state index in [9.17, 15) is 24.6 Å². The summed E-state index contributed by atoms with van der Waals surface area (Å²) in [5.41, 5.74) is 0.976. The van der Waals surface area contributed by atoms with Gasteiger partial charge in [-0.3, -0.25) is 9.59 Å². The zero-order valence-electron chi connectivity index (χ0n) is 21.8. The van der Waals surface area contributed by atoms with Gasteiger partial charge in [-0.25, -0.2) is 0 Å². The van der Waals surface area contributed by atoms with Crippen LogP contribution < -0.4 is 14.8 Å². The van der Waals surface area contributed by atoms with Crippen LogP contribution in [0.5, 0.6) is 11.5 Å². The number of ketones is 1. The van der Waals surface area contributed by atoms with Crippen LogP contribution in [0.2, 0.25) is 0 Å². The predicted octanol–water partition coefficient (Wildman–Crippen LogP) is 1.71. The highest BCUT2D eigenvalue weighted by Crippen LogP contribution is 2.38. The minimum atomic E-state index is -1.14. The highest BCUT2D eigenvalue weighted by molar-refractivity contribution is 14.1. The Morgan fingerprint density at radius 1 is 1.18 bits per heavy atom. The van der Waals surface area contributed by atoms with Gasteiger partial charge in [-0.1, -0.05) is 0 Å². The Morgan fingerprint density at radius 2 is 1.92 bits per heavy atom. The van der Waals surface area contributed by atoms with Crippen molar-refractivity contribution >= 4 is 40.2 Å². The number of carbonyl (C=O) groups is 3. The SMILES string of the molecule is COc1cc(CO)cc(I)c1O[C@H]1C=C(C(=O)NCCO)C[C@@H](N(CC2CC2)C(=O)CCCC(C)=O)[C@@H]1O. The summed E-state index contributed by atoms with van der Waals surface area (Å²) >= 11 is 2.05. The number of hydrogen-bond donors (Lipinski definition) is 4. The molecule has 3 atom stereocenters. The van der Waals surface area contributed by atoms with Crippen molar-refractivity contribution in [3.63, 3.8) is 0 Å². The van der Waals surface area contributed by atoms with Crippen LogP contribution in [0.25, 0.3) is 0 Å². The Hall–Kier alpha value is -2.22. The minimum absolute atomic E-state index is 0.0132. The normalized spacial score (nSPS) is 20.9. The molecule has 11 heteroatoms. The van der Waals surface area contributed by atoms with Gasteiger partial charge in [0.2, 0.25) is 11.8 Å². The van der Waals surface area contributed by atoms with Crippen molar-refractivity contribution in [3.05, 3.63) is 32.9 Å². The van der Waals surface area contributed by atoms with Gasteiger partial charge in [0.05, 0.1) is 29.9 Å². The van der Waals surface area contributed by atoms with E-state index in [2.05, 4.69) is 27.9 Å². The standard InChI is InChI=1S/C27H37IN2O8/c1-16(33)4-3-5-24(34)30(14-17-6-7-17)21-12-19(27(36)29-8-9-31)13-22(25(21)35)38-26-20(28)10-18(15-32)11-23(26)37-2/h10-11,13,17,21-22,25,31-32,35H,3-9,12,14-15H2,1-2H3,(H,29,36)/t21-,22+,25+/m1/s1. The summed E-state index contributed by atoms with van der Waals surface area (Å²) in [6.45, 7) is 1.62. The maximum atomic E-state index is 13.3. The average Bonchev–Trinajstić information content (AvgIpc) is 3.71. The van der Waals surface area contributed by atoms with Crippen molar-refractivity contribution in [2.45, 2.75) is 70.3 Å².